The van der Waals surface area contributed by atoms with Crippen LogP contribution in [0.25, 0.3) is 0 Å². The van der Waals surface area contributed by atoms with Gasteiger partial charge in [0.1, 0.15) is 6.33 Å². The number of aryl methyl sites for hydroxylation is 2. The van der Waals surface area contributed by atoms with Crippen LogP contribution >= 0.6 is 0 Å². The van der Waals surface area contributed by atoms with Gasteiger partial charge in [0.05, 0.1) is 17.7 Å². The van der Waals surface area contributed by atoms with Crippen molar-refractivity contribution in [2.75, 3.05) is 0 Å². The van der Waals surface area contributed by atoms with E-state index < -0.39 is 0 Å². The molecular formula is C12H14N4O. The predicted molar refractivity (Wildman–Crippen MR) is 62.7 cm³/mol. The van der Waals surface area contributed by atoms with Gasteiger partial charge in [0, 0.05) is 24.6 Å². The standard InChI is InChI=1S/C12H14N4O/c1-3-16-11(4-9(2)15-16)5-12(17)10-6-13-8-14-7-10/h4,6-8H,3,5H2,1-2H3. The summed E-state index contributed by atoms with van der Waals surface area (Å²) >= 11 is 0. The molecule has 0 aliphatic carbocycles. The molecule has 2 rings (SSSR count). The first kappa shape index (κ1) is 11.4. The second-order valence-electron chi connectivity index (χ2n) is 3.82. The molecule has 0 saturated heterocycles. The summed E-state index contributed by atoms with van der Waals surface area (Å²) in [7, 11) is 0. The Morgan fingerprint density at radius 3 is 2.71 bits per heavy atom. The van der Waals surface area contributed by atoms with Gasteiger partial charge in [-0.1, -0.05) is 0 Å². The molecule has 2 aromatic rings. The van der Waals surface area contributed by atoms with Gasteiger partial charge in [0.25, 0.3) is 0 Å². The summed E-state index contributed by atoms with van der Waals surface area (Å²) in [5, 5.41) is 4.31. The molecule has 0 radical (unpaired) electrons. The van der Waals surface area contributed by atoms with Crippen LogP contribution in [0.2, 0.25) is 0 Å². The summed E-state index contributed by atoms with van der Waals surface area (Å²) in [6.45, 7) is 4.69. The second-order valence-corrected chi connectivity index (χ2v) is 3.82. The molecule has 5 nitrogen and oxygen atoms in total. The number of nitrogens with zero attached hydrogens (tertiary/aromatic N) is 4. The molecule has 88 valence electrons. The highest BCUT2D eigenvalue weighted by Crippen LogP contribution is 2.08. The average molecular weight is 230 g/mol. The van der Waals surface area contributed by atoms with Gasteiger partial charge in [0.2, 0.25) is 0 Å². The van der Waals surface area contributed by atoms with Crippen molar-refractivity contribution in [1.29, 1.82) is 0 Å². The monoisotopic (exact) mass is 230 g/mol. The first-order chi connectivity index (χ1) is 8.20. The summed E-state index contributed by atoms with van der Waals surface area (Å²) in [5.41, 5.74) is 2.40. The zero-order chi connectivity index (χ0) is 12.3. The van der Waals surface area contributed by atoms with Gasteiger partial charge in [0.15, 0.2) is 5.78 Å². The minimum atomic E-state index is 0.0141. The van der Waals surface area contributed by atoms with Gasteiger partial charge in [-0.15, -0.1) is 0 Å². The van der Waals surface area contributed by atoms with Crippen molar-refractivity contribution >= 4 is 5.78 Å². The van der Waals surface area contributed by atoms with E-state index in [-0.39, 0.29) is 5.78 Å². The first-order valence-electron chi connectivity index (χ1n) is 5.52. The lowest BCUT2D eigenvalue weighted by Gasteiger charge is -2.03. The molecule has 2 heterocycles. The molecule has 0 aliphatic rings. The Balaban J connectivity index is 2.18. The van der Waals surface area contributed by atoms with Crippen LogP contribution in [0.5, 0.6) is 0 Å². The van der Waals surface area contributed by atoms with Gasteiger partial charge < -0.3 is 0 Å². The third kappa shape index (κ3) is 2.55. The minimum Gasteiger partial charge on any atom is -0.294 e. The van der Waals surface area contributed by atoms with E-state index in [1.807, 2.05) is 24.6 Å². The lowest BCUT2D eigenvalue weighted by Crippen LogP contribution is -2.10. The second kappa shape index (κ2) is 4.86. The number of hydrogen-bond donors (Lipinski definition) is 0. The Bertz CT molecular complexity index is 519. The molecule has 0 atom stereocenters. The normalized spacial score (nSPS) is 10.5. The lowest BCUT2D eigenvalue weighted by atomic mass is 10.1. The van der Waals surface area contributed by atoms with Gasteiger partial charge in [-0.25, -0.2) is 9.97 Å². The van der Waals surface area contributed by atoms with Crippen LogP contribution in [0.1, 0.15) is 28.7 Å². The highest BCUT2D eigenvalue weighted by Gasteiger charge is 2.11. The van der Waals surface area contributed by atoms with Crippen molar-refractivity contribution < 1.29 is 4.79 Å². The van der Waals surface area contributed by atoms with Crippen LogP contribution in [0.15, 0.2) is 24.8 Å². The summed E-state index contributed by atoms with van der Waals surface area (Å²) < 4.78 is 1.84. The maximum Gasteiger partial charge on any atom is 0.171 e. The van der Waals surface area contributed by atoms with E-state index in [0.29, 0.717) is 12.0 Å². The van der Waals surface area contributed by atoms with Crippen molar-refractivity contribution in [3.63, 3.8) is 0 Å². The quantitative estimate of drug-likeness (QED) is 0.745. The highest BCUT2D eigenvalue weighted by atomic mass is 16.1. The van der Waals surface area contributed by atoms with Crippen molar-refractivity contribution in [1.82, 2.24) is 19.7 Å². The van der Waals surface area contributed by atoms with E-state index in [0.717, 1.165) is 17.9 Å². The molecule has 0 bridgehead atoms. The third-order valence-electron chi connectivity index (χ3n) is 2.51. The number of carbonyl (C=O) groups excluding carboxylic acids is 1. The molecular weight excluding hydrogens is 216 g/mol. The van der Waals surface area contributed by atoms with Gasteiger partial charge in [-0.3, -0.25) is 9.48 Å². The Morgan fingerprint density at radius 1 is 1.35 bits per heavy atom. The molecule has 0 unspecified atom stereocenters. The number of hydrogen-bond acceptors (Lipinski definition) is 4. The predicted octanol–water partition coefficient (Wildman–Crippen LogP) is 1.43. The van der Waals surface area contributed by atoms with E-state index in [4.69, 9.17) is 0 Å². The topological polar surface area (TPSA) is 60.7 Å². The summed E-state index contributed by atoms with van der Waals surface area (Å²) in [6, 6.07) is 1.94. The van der Waals surface area contributed by atoms with Crippen LogP contribution < -0.4 is 0 Å². The Kier molecular flexibility index (Phi) is 3.27. The fourth-order valence-electron chi connectivity index (χ4n) is 1.72. The maximum atomic E-state index is 12.0. The summed E-state index contributed by atoms with van der Waals surface area (Å²) in [4.78, 5) is 19.7. The number of ketones is 1. The van der Waals surface area contributed by atoms with Crippen LogP contribution in [0.4, 0.5) is 0 Å². The largest absolute Gasteiger partial charge is 0.294 e. The Labute approximate surface area is 99.5 Å². The minimum absolute atomic E-state index is 0.0141. The first-order valence-corrected chi connectivity index (χ1v) is 5.52. The van der Waals surface area contributed by atoms with Crippen molar-refractivity contribution in [3.8, 4) is 0 Å². The fourth-order valence-corrected chi connectivity index (χ4v) is 1.72. The smallest absolute Gasteiger partial charge is 0.171 e. The van der Waals surface area contributed by atoms with Crippen LogP contribution in [-0.4, -0.2) is 25.5 Å². The molecule has 0 spiro atoms. The number of Topliss-reactive ketones (excluding diaryl/α,β-unsaturated/α-hetero) is 1. The van der Waals surface area contributed by atoms with Crippen molar-refractivity contribution in [2.45, 2.75) is 26.8 Å². The summed E-state index contributed by atoms with van der Waals surface area (Å²) in [5.74, 6) is 0.0141. The lowest BCUT2D eigenvalue weighted by molar-refractivity contribution is 0.0990. The molecule has 0 fully saturated rings. The van der Waals surface area contributed by atoms with E-state index in [1.54, 1.807) is 0 Å². The summed E-state index contributed by atoms with van der Waals surface area (Å²) in [6.07, 6.45) is 4.82. The zero-order valence-electron chi connectivity index (χ0n) is 9.92. The highest BCUT2D eigenvalue weighted by molar-refractivity contribution is 5.96. The zero-order valence-corrected chi connectivity index (χ0v) is 9.92. The van der Waals surface area contributed by atoms with Gasteiger partial charge >= 0.3 is 0 Å². The molecule has 0 amide bonds. The molecule has 2 aromatic heterocycles. The van der Waals surface area contributed by atoms with Crippen LogP contribution in [-0.2, 0) is 13.0 Å². The molecule has 0 aliphatic heterocycles. The number of aromatic nitrogens is 4. The Hall–Kier alpha value is -2.04. The van der Waals surface area contributed by atoms with Crippen molar-refractivity contribution in [2.24, 2.45) is 0 Å². The number of carbonyl (C=O) groups is 1. The maximum absolute atomic E-state index is 12.0. The SMILES string of the molecule is CCn1nc(C)cc1CC(=O)c1cncnc1. The van der Waals surface area contributed by atoms with Crippen LogP contribution in [0.3, 0.4) is 0 Å². The fraction of sp³-hybridized carbons (Fsp3) is 0.333. The average Bonchev–Trinajstić information content (AvgIpc) is 2.70. The molecule has 0 aromatic carbocycles. The Morgan fingerprint density at radius 2 is 2.06 bits per heavy atom. The van der Waals surface area contributed by atoms with Gasteiger partial charge in [-0.2, -0.15) is 5.10 Å². The van der Waals surface area contributed by atoms with E-state index in [1.165, 1.54) is 18.7 Å². The number of rotatable bonds is 4. The van der Waals surface area contributed by atoms with Gasteiger partial charge in [-0.05, 0) is 19.9 Å². The van der Waals surface area contributed by atoms with E-state index >= 15 is 0 Å². The molecule has 5 heteroatoms. The molecule has 17 heavy (non-hydrogen) atoms. The third-order valence-corrected chi connectivity index (χ3v) is 2.51. The molecule has 0 N–H and O–H groups in total. The van der Waals surface area contributed by atoms with E-state index in [2.05, 4.69) is 15.1 Å². The van der Waals surface area contributed by atoms with Crippen LogP contribution in [0, 0.1) is 6.92 Å². The van der Waals surface area contributed by atoms with E-state index in [9.17, 15) is 4.79 Å². The van der Waals surface area contributed by atoms with Crippen molar-refractivity contribution in [3.05, 3.63) is 41.7 Å². The molecule has 0 saturated carbocycles.